The van der Waals surface area contributed by atoms with Gasteiger partial charge in [-0.1, -0.05) is 11.6 Å². The number of nitrogens with zero attached hydrogens (tertiary/aromatic N) is 3. The third kappa shape index (κ3) is 2.53. The van der Waals surface area contributed by atoms with E-state index in [1.54, 1.807) is 4.57 Å². The van der Waals surface area contributed by atoms with Crippen molar-refractivity contribution in [1.82, 2.24) is 14.8 Å². The molecule has 19 heavy (non-hydrogen) atoms. The Morgan fingerprint density at radius 3 is 2.58 bits per heavy atom. The fourth-order valence-corrected chi connectivity index (χ4v) is 1.93. The highest BCUT2D eigenvalue weighted by atomic mass is 35.5. The summed E-state index contributed by atoms with van der Waals surface area (Å²) in [5, 5.41) is 10.6. The van der Waals surface area contributed by atoms with Gasteiger partial charge in [0, 0.05) is 13.1 Å². The summed E-state index contributed by atoms with van der Waals surface area (Å²) in [6, 6.07) is 1.97. The SMILES string of the molecule is CCNc1nnc(-c2cc(F)c(Cl)cc2F)n1CC. The number of hydrogen-bond donors (Lipinski definition) is 1. The van der Waals surface area contributed by atoms with Gasteiger partial charge in [-0.15, -0.1) is 10.2 Å². The molecule has 1 aromatic carbocycles. The third-order valence-corrected chi connectivity index (χ3v) is 2.94. The van der Waals surface area contributed by atoms with Crippen molar-refractivity contribution in [1.29, 1.82) is 0 Å². The largest absolute Gasteiger partial charge is 0.355 e. The molecule has 0 atom stereocenters. The van der Waals surface area contributed by atoms with Gasteiger partial charge >= 0.3 is 0 Å². The van der Waals surface area contributed by atoms with Crippen LogP contribution in [0, 0.1) is 11.6 Å². The van der Waals surface area contributed by atoms with Crippen molar-refractivity contribution in [2.45, 2.75) is 20.4 Å². The predicted molar refractivity (Wildman–Crippen MR) is 70.2 cm³/mol. The molecule has 102 valence electrons. The van der Waals surface area contributed by atoms with Crippen LogP contribution < -0.4 is 5.32 Å². The Hall–Kier alpha value is -1.69. The molecule has 0 bridgehead atoms. The summed E-state index contributed by atoms with van der Waals surface area (Å²) in [6.45, 7) is 4.98. The molecule has 0 saturated heterocycles. The average molecular weight is 287 g/mol. The topological polar surface area (TPSA) is 42.7 Å². The predicted octanol–water partition coefficient (Wildman–Crippen LogP) is 3.33. The first-order chi connectivity index (χ1) is 9.08. The number of nitrogens with one attached hydrogen (secondary N) is 1. The summed E-state index contributed by atoms with van der Waals surface area (Å²) in [4.78, 5) is 0. The van der Waals surface area contributed by atoms with E-state index in [2.05, 4.69) is 15.5 Å². The Morgan fingerprint density at radius 1 is 1.21 bits per heavy atom. The molecular formula is C12H13ClF2N4. The van der Waals surface area contributed by atoms with Crippen molar-refractivity contribution in [2.75, 3.05) is 11.9 Å². The lowest BCUT2D eigenvalue weighted by atomic mass is 10.2. The van der Waals surface area contributed by atoms with E-state index < -0.39 is 11.6 Å². The van der Waals surface area contributed by atoms with E-state index in [9.17, 15) is 8.78 Å². The molecule has 0 spiro atoms. The number of halogens is 3. The average Bonchev–Trinajstić information content (AvgIpc) is 2.77. The van der Waals surface area contributed by atoms with Crippen molar-refractivity contribution in [2.24, 2.45) is 0 Å². The van der Waals surface area contributed by atoms with Gasteiger partial charge in [0.2, 0.25) is 5.95 Å². The molecule has 2 aromatic rings. The van der Waals surface area contributed by atoms with Gasteiger partial charge in [-0.2, -0.15) is 0 Å². The fraction of sp³-hybridized carbons (Fsp3) is 0.333. The molecule has 0 radical (unpaired) electrons. The van der Waals surface area contributed by atoms with Crippen LogP contribution in [0.3, 0.4) is 0 Å². The molecule has 0 fully saturated rings. The number of hydrogen-bond acceptors (Lipinski definition) is 3. The molecule has 1 aromatic heterocycles. The summed E-state index contributed by atoms with van der Waals surface area (Å²) >= 11 is 5.53. The lowest BCUT2D eigenvalue weighted by molar-refractivity contribution is 0.600. The normalized spacial score (nSPS) is 10.8. The minimum atomic E-state index is -0.686. The molecule has 1 N–H and O–H groups in total. The second kappa shape index (κ2) is 5.52. The molecule has 0 unspecified atom stereocenters. The molecular weight excluding hydrogens is 274 g/mol. The van der Waals surface area contributed by atoms with Gasteiger partial charge in [0.25, 0.3) is 0 Å². The maximum atomic E-state index is 13.9. The van der Waals surface area contributed by atoms with Gasteiger partial charge in [-0.25, -0.2) is 8.78 Å². The van der Waals surface area contributed by atoms with Crippen LogP contribution in [-0.2, 0) is 6.54 Å². The molecule has 0 saturated carbocycles. The first-order valence-corrected chi connectivity index (χ1v) is 6.28. The summed E-state index contributed by atoms with van der Waals surface area (Å²) < 4.78 is 29.0. The molecule has 4 nitrogen and oxygen atoms in total. The Kier molecular flexibility index (Phi) is 3.99. The van der Waals surface area contributed by atoms with Gasteiger partial charge in [0.05, 0.1) is 10.6 Å². The minimum absolute atomic E-state index is 0.0420. The zero-order chi connectivity index (χ0) is 14.0. The van der Waals surface area contributed by atoms with Crippen LogP contribution in [0.4, 0.5) is 14.7 Å². The quantitative estimate of drug-likeness (QED) is 0.877. The minimum Gasteiger partial charge on any atom is -0.355 e. The van der Waals surface area contributed by atoms with Gasteiger partial charge in [0.15, 0.2) is 5.82 Å². The number of benzene rings is 1. The summed E-state index contributed by atoms with van der Waals surface area (Å²) in [6.07, 6.45) is 0. The summed E-state index contributed by atoms with van der Waals surface area (Å²) in [7, 11) is 0. The van der Waals surface area contributed by atoms with Crippen LogP contribution in [0.2, 0.25) is 5.02 Å². The zero-order valence-electron chi connectivity index (χ0n) is 10.5. The smallest absolute Gasteiger partial charge is 0.224 e. The van der Waals surface area contributed by atoms with Crippen LogP contribution in [0.15, 0.2) is 12.1 Å². The summed E-state index contributed by atoms with van der Waals surface area (Å²) in [5.74, 6) is -0.522. The Bertz CT molecular complexity index is 598. The van der Waals surface area contributed by atoms with Gasteiger partial charge in [0.1, 0.15) is 11.6 Å². The van der Waals surface area contributed by atoms with Crippen molar-refractivity contribution < 1.29 is 8.78 Å². The first kappa shape index (κ1) is 13.7. The molecule has 0 aliphatic carbocycles. The fourth-order valence-electron chi connectivity index (χ4n) is 1.78. The second-order valence-electron chi connectivity index (χ2n) is 3.87. The van der Waals surface area contributed by atoms with E-state index in [1.807, 2.05) is 13.8 Å². The first-order valence-electron chi connectivity index (χ1n) is 5.90. The highest BCUT2D eigenvalue weighted by Gasteiger charge is 2.17. The molecule has 7 heteroatoms. The second-order valence-corrected chi connectivity index (χ2v) is 4.28. The van der Waals surface area contributed by atoms with Crippen LogP contribution in [0.25, 0.3) is 11.4 Å². The Labute approximate surface area is 114 Å². The van der Waals surface area contributed by atoms with E-state index in [1.165, 1.54) is 0 Å². The molecule has 0 amide bonds. The van der Waals surface area contributed by atoms with Crippen molar-refractivity contribution in [3.8, 4) is 11.4 Å². The Balaban J connectivity index is 2.56. The van der Waals surface area contributed by atoms with Gasteiger partial charge in [-0.3, -0.25) is 4.57 Å². The van der Waals surface area contributed by atoms with E-state index >= 15 is 0 Å². The number of rotatable bonds is 4. The van der Waals surface area contributed by atoms with Gasteiger partial charge < -0.3 is 5.32 Å². The van der Waals surface area contributed by atoms with E-state index in [4.69, 9.17) is 11.6 Å². The van der Waals surface area contributed by atoms with Crippen molar-refractivity contribution >= 4 is 17.5 Å². The van der Waals surface area contributed by atoms with Crippen molar-refractivity contribution in [3.05, 3.63) is 28.8 Å². The van der Waals surface area contributed by atoms with Crippen molar-refractivity contribution in [3.63, 3.8) is 0 Å². The molecule has 0 aliphatic heterocycles. The van der Waals surface area contributed by atoms with Crippen LogP contribution in [0.1, 0.15) is 13.8 Å². The highest BCUT2D eigenvalue weighted by Crippen LogP contribution is 2.27. The lowest BCUT2D eigenvalue weighted by Gasteiger charge is -2.09. The number of anilines is 1. The van der Waals surface area contributed by atoms with Crippen LogP contribution in [-0.4, -0.2) is 21.3 Å². The van der Waals surface area contributed by atoms with E-state index in [0.717, 1.165) is 12.1 Å². The van der Waals surface area contributed by atoms with E-state index in [0.29, 0.717) is 19.0 Å². The zero-order valence-corrected chi connectivity index (χ0v) is 11.3. The molecule has 1 heterocycles. The Morgan fingerprint density at radius 2 is 1.95 bits per heavy atom. The third-order valence-electron chi connectivity index (χ3n) is 2.65. The molecule has 0 aliphatic rings. The lowest BCUT2D eigenvalue weighted by Crippen LogP contribution is -2.07. The maximum Gasteiger partial charge on any atom is 0.224 e. The number of aromatic nitrogens is 3. The standard InChI is InChI=1S/C12H13ClF2N4/c1-3-16-12-18-17-11(19(12)4-2)7-5-10(15)8(13)6-9(7)14/h5-6H,3-4H2,1-2H3,(H,16,18). The van der Waals surface area contributed by atoms with Gasteiger partial charge in [-0.05, 0) is 26.0 Å². The maximum absolute atomic E-state index is 13.9. The van der Waals surface area contributed by atoms with E-state index in [-0.39, 0.29) is 16.4 Å². The van der Waals surface area contributed by atoms with Crippen LogP contribution in [0.5, 0.6) is 0 Å². The monoisotopic (exact) mass is 286 g/mol. The molecule has 2 rings (SSSR count). The summed E-state index contributed by atoms with van der Waals surface area (Å²) in [5.41, 5.74) is 0.0420. The highest BCUT2D eigenvalue weighted by molar-refractivity contribution is 6.30. The van der Waals surface area contributed by atoms with Crippen LogP contribution >= 0.6 is 11.6 Å².